The van der Waals surface area contributed by atoms with Crippen molar-refractivity contribution in [2.24, 2.45) is 5.10 Å². The molecule has 0 radical (unpaired) electrons. The summed E-state index contributed by atoms with van der Waals surface area (Å²) in [7, 11) is 0. The first-order valence-corrected chi connectivity index (χ1v) is 5.82. The van der Waals surface area contributed by atoms with Crippen LogP contribution in [0.5, 0.6) is 5.75 Å². The number of para-hydroxylation sites is 1. The van der Waals surface area contributed by atoms with E-state index >= 15 is 0 Å². The summed E-state index contributed by atoms with van der Waals surface area (Å²) < 4.78 is 0. The molecule has 2 aromatic carbocycles. The number of aryl methyl sites for hydroxylation is 1. The predicted octanol–water partition coefficient (Wildman–Crippen LogP) is 3.54. The monoisotopic (exact) mass is 240 g/mol. The van der Waals surface area contributed by atoms with Gasteiger partial charge in [0.15, 0.2) is 0 Å². The van der Waals surface area contributed by atoms with Crippen molar-refractivity contribution in [3.05, 3.63) is 59.7 Å². The van der Waals surface area contributed by atoms with Crippen LogP contribution in [0.2, 0.25) is 0 Å². The van der Waals surface area contributed by atoms with E-state index in [4.69, 9.17) is 0 Å². The lowest BCUT2D eigenvalue weighted by Gasteiger charge is -2.06. The van der Waals surface area contributed by atoms with E-state index in [1.54, 1.807) is 6.07 Å². The highest BCUT2D eigenvalue weighted by Gasteiger charge is 2.04. The molecule has 0 aliphatic heterocycles. The van der Waals surface area contributed by atoms with Crippen molar-refractivity contribution in [3.8, 4) is 5.75 Å². The number of hydrogen-bond donors (Lipinski definition) is 2. The Kier molecular flexibility index (Phi) is 3.63. The zero-order valence-electron chi connectivity index (χ0n) is 10.5. The summed E-state index contributed by atoms with van der Waals surface area (Å²) in [5.41, 5.74) is 6.48. The van der Waals surface area contributed by atoms with Crippen molar-refractivity contribution in [2.75, 3.05) is 5.43 Å². The molecule has 92 valence electrons. The molecule has 0 aliphatic carbocycles. The summed E-state index contributed by atoms with van der Waals surface area (Å²) in [6, 6.07) is 15.2. The third-order valence-corrected chi connectivity index (χ3v) is 2.67. The van der Waals surface area contributed by atoms with Crippen molar-refractivity contribution in [1.82, 2.24) is 0 Å². The molecule has 2 N–H and O–H groups in total. The van der Waals surface area contributed by atoms with Crippen molar-refractivity contribution in [2.45, 2.75) is 13.8 Å². The van der Waals surface area contributed by atoms with Gasteiger partial charge in [-0.2, -0.15) is 5.10 Å². The van der Waals surface area contributed by atoms with Crippen LogP contribution >= 0.6 is 0 Å². The number of phenols is 1. The molecule has 0 atom stereocenters. The second-order valence-electron chi connectivity index (χ2n) is 4.20. The molecule has 0 amide bonds. The minimum absolute atomic E-state index is 0.247. The summed E-state index contributed by atoms with van der Waals surface area (Å²) in [6.45, 7) is 3.85. The van der Waals surface area contributed by atoms with Crippen molar-refractivity contribution in [3.63, 3.8) is 0 Å². The molecule has 3 nitrogen and oxygen atoms in total. The molecule has 3 heteroatoms. The second-order valence-corrected chi connectivity index (χ2v) is 4.20. The van der Waals surface area contributed by atoms with Crippen molar-refractivity contribution < 1.29 is 5.11 Å². The van der Waals surface area contributed by atoms with Crippen LogP contribution in [0.4, 0.5) is 5.69 Å². The summed E-state index contributed by atoms with van der Waals surface area (Å²) in [5, 5.41) is 14.1. The topological polar surface area (TPSA) is 44.6 Å². The molecule has 0 spiro atoms. The number of hydrogen-bond acceptors (Lipinski definition) is 3. The fourth-order valence-corrected chi connectivity index (χ4v) is 1.66. The highest BCUT2D eigenvalue weighted by molar-refractivity contribution is 6.01. The third kappa shape index (κ3) is 2.88. The van der Waals surface area contributed by atoms with Crippen LogP contribution < -0.4 is 5.43 Å². The highest BCUT2D eigenvalue weighted by Crippen LogP contribution is 2.19. The average Bonchev–Trinajstić information content (AvgIpc) is 2.40. The normalized spacial score (nSPS) is 11.3. The molecule has 0 aliphatic rings. The van der Waals surface area contributed by atoms with Gasteiger partial charge in [0, 0.05) is 5.56 Å². The summed E-state index contributed by atoms with van der Waals surface area (Å²) in [6.07, 6.45) is 0. The van der Waals surface area contributed by atoms with Crippen LogP contribution in [0.15, 0.2) is 53.6 Å². The zero-order valence-corrected chi connectivity index (χ0v) is 10.5. The quantitative estimate of drug-likeness (QED) is 0.636. The number of rotatable bonds is 3. The average molecular weight is 240 g/mol. The molecule has 0 aromatic heterocycles. The first-order valence-electron chi connectivity index (χ1n) is 5.82. The molecule has 0 heterocycles. The van der Waals surface area contributed by atoms with Gasteiger partial charge in [0.2, 0.25) is 0 Å². The number of phenolic OH excluding ortho intramolecular Hbond substituents is 1. The molecule has 2 rings (SSSR count). The maximum absolute atomic E-state index is 9.79. The van der Waals surface area contributed by atoms with Gasteiger partial charge in [0.25, 0.3) is 0 Å². The highest BCUT2D eigenvalue weighted by atomic mass is 16.3. The molecular formula is C15H16N2O. The molecule has 18 heavy (non-hydrogen) atoms. The van der Waals surface area contributed by atoms with E-state index < -0.39 is 0 Å². The first-order chi connectivity index (χ1) is 8.66. The van der Waals surface area contributed by atoms with E-state index in [1.165, 1.54) is 0 Å². The van der Waals surface area contributed by atoms with Crippen LogP contribution in [0, 0.1) is 6.92 Å². The number of nitrogens with zero attached hydrogens (tertiary/aromatic N) is 1. The second kappa shape index (κ2) is 5.36. The third-order valence-electron chi connectivity index (χ3n) is 2.67. The van der Waals surface area contributed by atoms with Gasteiger partial charge in [-0.15, -0.1) is 0 Å². The number of anilines is 1. The van der Waals surface area contributed by atoms with Gasteiger partial charge < -0.3 is 5.11 Å². The van der Waals surface area contributed by atoms with Gasteiger partial charge in [-0.3, -0.25) is 5.43 Å². The van der Waals surface area contributed by atoms with E-state index in [0.717, 1.165) is 22.5 Å². The van der Waals surface area contributed by atoms with Gasteiger partial charge in [0.1, 0.15) is 5.75 Å². The standard InChI is InChI=1S/C15H16N2O/c1-11-8-9-15(18)14(10-11)12(2)16-17-13-6-4-3-5-7-13/h3-10,17-18H,1-2H3. The van der Waals surface area contributed by atoms with Crippen LogP contribution in [0.25, 0.3) is 0 Å². The van der Waals surface area contributed by atoms with E-state index in [9.17, 15) is 5.11 Å². The van der Waals surface area contributed by atoms with E-state index in [2.05, 4.69) is 10.5 Å². The number of benzene rings is 2. The largest absolute Gasteiger partial charge is 0.507 e. The smallest absolute Gasteiger partial charge is 0.124 e. The van der Waals surface area contributed by atoms with E-state index in [1.807, 2.05) is 56.3 Å². The molecule has 0 bridgehead atoms. The SMILES string of the molecule is CC(=NNc1ccccc1)c1cc(C)ccc1O. The molecule has 0 saturated carbocycles. The van der Waals surface area contributed by atoms with Gasteiger partial charge >= 0.3 is 0 Å². The fourth-order valence-electron chi connectivity index (χ4n) is 1.66. The molecular weight excluding hydrogens is 224 g/mol. The van der Waals surface area contributed by atoms with Crippen molar-refractivity contribution in [1.29, 1.82) is 0 Å². The summed E-state index contributed by atoms with van der Waals surface area (Å²) in [4.78, 5) is 0. The summed E-state index contributed by atoms with van der Waals surface area (Å²) >= 11 is 0. The van der Waals surface area contributed by atoms with Gasteiger partial charge in [-0.05, 0) is 38.1 Å². The predicted molar refractivity (Wildman–Crippen MR) is 75.1 cm³/mol. The fraction of sp³-hybridized carbons (Fsp3) is 0.133. The Bertz CT molecular complexity index is 562. The van der Waals surface area contributed by atoms with Gasteiger partial charge in [0.05, 0.1) is 11.4 Å². The number of hydrazone groups is 1. The minimum atomic E-state index is 0.247. The van der Waals surface area contributed by atoms with Gasteiger partial charge in [-0.25, -0.2) is 0 Å². The van der Waals surface area contributed by atoms with Crippen LogP contribution in [0.3, 0.4) is 0 Å². The summed E-state index contributed by atoms with van der Waals surface area (Å²) in [5.74, 6) is 0.247. The Morgan fingerprint density at radius 1 is 1.11 bits per heavy atom. The Balaban J connectivity index is 2.20. The lowest BCUT2D eigenvalue weighted by atomic mass is 10.1. The zero-order chi connectivity index (χ0) is 13.0. The van der Waals surface area contributed by atoms with Crippen LogP contribution in [0.1, 0.15) is 18.1 Å². The van der Waals surface area contributed by atoms with E-state index in [0.29, 0.717) is 0 Å². The lowest BCUT2D eigenvalue weighted by Crippen LogP contribution is -2.00. The Labute approximate surface area is 107 Å². The van der Waals surface area contributed by atoms with Gasteiger partial charge in [-0.1, -0.05) is 29.8 Å². The minimum Gasteiger partial charge on any atom is -0.507 e. The van der Waals surface area contributed by atoms with Crippen molar-refractivity contribution >= 4 is 11.4 Å². The molecule has 2 aromatic rings. The molecule has 0 fully saturated rings. The van der Waals surface area contributed by atoms with Crippen LogP contribution in [-0.4, -0.2) is 10.8 Å². The Hall–Kier alpha value is -2.29. The molecule has 0 unspecified atom stereocenters. The molecule has 0 saturated heterocycles. The maximum Gasteiger partial charge on any atom is 0.124 e. The van der Waals surface area contributed by atoms with E-state index in [-0.39, 0.29) is 5.75 Å². The first kappa shape index (κ1) is 12.2. The number of nitrogens with one attached hydrogen (secondary N) is 1. The maximum atomic E-state index is 9.79. The number of aromatic hydroxyl groups is 1. The Morgan fingerprint density at radius 3 is 2.56 bits per heavy atom. The van der Waals surface area contributed by atoms with Crippen LogP contribution in [-0.2, 0) is 0 Å². The Morgan fingerprint density at radius 2 is 1.83 bits per heavy atom. The lowest BCUT2D eigenvalue weighted by molar-refractivity contribution is 0.474.